The van der Waals surface area contributed by atoms with Crippen molar-refractivity contribution < 1.29 is 23.5 Å². The van der Waals surface area contributed by atoms with E-state index in [0.29, 0.717) is 60.2 Å². The Labute approximate surface area is 212 Å². The molecule has 1 aliphatic carbocycles. The first-order chi connectivity index (χ1) is 17.4. The molecule has 0 bridgehead atoms. The summed E-state index contributed by atoms with van der Waals surface area (Å²) in [5.74, 6) is -0.209. The number of ether oxygens (including phenoxy) is 2. The summed E-state index contributed by atoms with van der Waals surface area (Å²) in [6.45, 7) is 5.44. The van der Waals surface area contributed by atoms with Crippen LogP contribution in [-0.2, 0) is 27.2 Å². The Hall–Kier alpha value is -2.29. The van der Waals surface area contributed by atoms with Gasteiger partial charge in [-0.2, -0.15) is 0 Å². The molecule has 7 nitrogen and oxygen atoms in total. The number of carbonyl (C=O) groups excluding carboxylic acids is 2. The fourth-order valence-electron chi connectivity index (χ4n) is 6.37. The monoisotopic (exact) mass is 499 g/mol. The van der Waals surface area contributed by atoms with E-state index in [4.69, 9.17) is 9.47 Å². The molecule has 3 aliphatic heterocycles. The molecule has 1 unspecified atom stereocenters. The standard InChI is InChI=1S/C28H38FN3O4/c1-17-5-12-24(27(33)30-17)32-15-22-21(28(32)34)11-8-19(26(22)29)14-25-23(4-3-13-36-25)31-20-9-6-18(7-10-20)16-35-2/h8,11,18,20,23-25,31H,1,3-7,9-10,12-16H2,2H3,(H,30,33)/t18-,20-,23-,24?,25+/m0/s1. The third-order valence-electron chi connectivity index (χ3n) is 8.40. The molecule has 0 aromatic heterocycles. The Morgan fingerprint density at radius 2 is 2.00 bits per heavy atom. The van der Waals surface area contributed by atoms with Gasteiger partial charge in [0.25, 0.3) is 5.91 Å². The van der Waals surface area contributed by atoms with Crippen molar-refractivity contribution in [1.29, 1.82) is 0 Å². The lowest BCUT2D eigenvalue weighted by molar-refractivity contribution is -0.126. The van der Waals surface area contributed by atoms with E-state index in [1.807, 2.05) is 0 Å². The molecule has 1 aromatic carbocycles. The lowest BCUT2D eigenvalue weighted by atomic mass is 9.85. The number of methoxy groups -OCH3 is 1. The first-order valence-electron chi connectivity index (χ1n) is 13.4. The van der Waals surface area contributed by atoms with Gasteiger partial charge in [0.15, 0.2) is 0 Å². The smallest absolute Gasteiger partial charge is 0.255 e. The Balaban J connectivity index is 1.25. The molecule has 3 atom stereocenters. The van der Waals surface area contributed by atoms with Gasteiger partial charge in [0.05, 0.1) is 12.6 Å². The van der Waals surface area contributed by atoms with Crippen molar-refractivity contribution >= 4 is 11.8 Å². The van der Waals surface area contributed by atoms with Crippen molar-refractivity contribution in [2.45, 2.75) is 88.6 Å². The van der Waals surface area contributed by atoms with Crippen LogP contribution in [0.5, 0.6) is 0 Å². The quantitative estimate of drug-likeness (QED) is 0.601. The minimum Gasteiger partial charge on any atom is -0.384 e. The number of rotatable bonds is 7. The molecular formula is C28H38FN3O4. The van der Waals surface area contributed by atoms with Crippen molar-refractivity contribution in [3.63, 3.8) is 0 Å². The number of carbonyl (C=O) groups is 2. The van der Waals surface area contributed by atoms with E-state index in [2.05, 4.69) is 17.2 Å². The SMILES string of the molecule is C=C1CCC(N2Cc3c(ccc(C[C@H]4OCCC[C@@H]4N[C@H]4CC[C@H](COC)CC4)c3F)C2=O)C(=O)N1. The summed E-state index contributed by atoms with van der Waals surface area (Å²) < 4.78 is 27.2. The van der Waals surface area contributed by atoms with Gasteiger partial charge in [-0.3, -0.25) is 9.59 Å². The van der Waals surface area contributed by atoms with Gasteiger partial charge >= 0.3 is 0 Å². The maximum absolute atomic E-state index is 15.7. The van der Waals surface area contributed by atoms with Crippen LogP contribution in [0.2, 0.25) is 0 Å². The normalized spacial score (nSPS) is 30.9. The van der Waals surface area contributed by atoms with Crippen LogP contribution in [0.1, 0.15) is 72.9 Å². The van der Waals surface area contributed by atoms with Crippen molar-refractivity contribution in [3.05, 3.63) is 46.9 Å². The number of halogens is 1. The zero-order chi connectivity index (χ0) is 25.2. The molecule has 3 heterocycles. The van der Waals surface area contributed by atoms with Gasteiger partial charge in [-0.25, -0.2) is 4.39 Å². The third kappa shape index (κ3) is 5.22. The number of piperidine rings is 1. The Kier molecular flexibility index (Phi) is 7.74. The molecule has 2 N–H and O–H groups in total. The second-order valence-electron chi connectivity index (χ2n) is 10.8. The highest BCUT2D eigenvalue weighted by molar-refractivity contribution is 6.01. The summed E-state index contributed by atoms with van der Waals surface area (Å²) in [7, 11) is 1.77. The second-order valence-corrected chi connectivity index (χ2v) is 10.8. The highest BCUT2D eigenvalue weighted by Gasteiger charge is 2.40. The first kappa shape index (κ1) is 25.4. The van der Waals surface area contributed by atoms with Gasteiger partial charge in [0.1, 0.15) is 11.9 Å². The van der Waals surface area contributed by atoms with E-state index in [9.17, 15) is 9.59 Å². The van der Waals surface area contributed by atoms with Gasteiger partial charge in [0, 0.05) is 55.7 Å². The van der Waals surface area contributed by atoms with Crippen molar-refractivity contribution in [2.75, 3.05) is 20.3 Å². The molecule has 4 aliphatic rings. The van der Waals surface area contributed by atoms with Gasteiger partial charge < -0.3 is 25.0 Å². The zero-order valence-electron chi connectivity index (χ0n) is 21.2. The minimum absolute atomic E-state index is 0.105. The van der Waals surface area contributed by atoms with E-state index < -0.39 is 6.04 Å². The molecule has 0 radical (unpaired) electrons. The molecule has 5 rings (SSSR count). The lowest BCUT2D eigenvalue weighted by Crippen LogP contribution is -2.50. The maximum Gasteiger partial charge on any atom is 0.255 e. The molecule has 3 fully saturated rings. The van der Waals surface area contributed by atoms with Crippen molar-refractivity contribution in [1.82, 2.24) is 15.5 Å². The molecule has 0 spiro atoms. The molecule has 2 saturated heterocycles. The number of allylic oxidation sites excluding steroid dienone is 1. The van der Waals surface area contributed by atoms with E-state index in [-0.39, 0.29) is 36.3 Å². The van der Waals surface area contributed by atoms with E-state index in [1.54, 1.807) is 19.2 Å². The van der Waals surface area contributed by atoms with Crippen LogP contribution in [0.25, 0.3) is 0 Å². The molecule has 36 heavy (non-hydrogen) atoms. The van der Waals surface area contributed by atoms with Gasteiger partial charge in [-0.1, -0.05) is 12.6 Å². The molecule has 2 amide bonds. The average molecular weight is 500 g/mol. The topological polar surface area (TPSA) is 79.9 Å². The lowest BCUT2D eigenvalue weighted by Gasteiger charge is -2.37. The number of hydrogen-bond donors (Lipinski definition) is 2. The number of hydrogen-bond acceptors (Lipinski definition) is 5. The number of nitrogens with one attached hydrogen (secondary N) is 2. The van der Waals surface area contributed by atoms with E-state index in [1.165, 1.54) is 17.7 Å². The van der Waals surface area contributed by atoms with Crippen LogP contribution in [-0.4, -0.2) is 61.3 Å². The predicted octanol–water partition coefficient (Wildman–Crippen LogP) is 3.46. The van der Waals surface area contributed by atoms with Gasteiger partial charge in [-0.15, -0.1) is 0 Å². The Morgan fingerprint density at radius 1 is 1.19 bits per heavy atom. The maximum atomic E-state index is 15.7. The first-order valence-corrected chi connectivity index (χ1v) is 13.4. The summed E-state index contributed by atoms with van der Waals surface area (Å²) in [6.07, 6.45) is 8.10. The van der Waals surface area contributed by atoms with Crippen LogP contribution >= 0.6 is 0 Å². The minimum atomic E-state index is -0.590. The highest BCUT2D eigenvalue weighted by atomic mass is 19.1. The van der Waals surface area contributed by atoms with Crippen LogP contribution < -0.4 is 10.6 Å². The summed E-state index contributed by atoms with van der Waals surface area (Å²) in [5.41, 5.74) is 1.99. The second kappa shape index (κ2) is 11.0. The molecule has 1 saturated carbocycles. The van der Waals surface area contributed by atoms with Gasteiger partial charge in [-0.05, 0) is 68.9 Å². The fourth-order valence-corrected chi connectivity index (χ4v) is 6.37. The Morgan fingerprint density at radius 3 is 2.75 bits per heavy atom. The van der Waals surface area contributed by atoms with Crippen LogP contribution in [0.4, 0.5) is 4.39 Å². The summed E-state index contributed by atoms with van der Waals surface area (Å²) >= 11 is 0. The highest BCUT2D eigenvalue weighted by Crippen LogP contribution is 2.33. The molecule has 1 aromatic rings. The van der Waals surface area contributed by atoms with Crippen LogP contribution in [0.15, 0.2) is 24.4 Å². The van der Waals surface area contributed by atoms with Gasteiger partial charge in [0.2, 0.25) is 5.91 Å². The van der Waals surface area contributed by atoms with Crippen LogP contribution in [0, 0.1) is 11.7 Å². The Bertz CT molecular complexity index is 1010. The predicted molar refractivity (Wildman–Crippen MR) is 134 cm³/mol. The van der Waals surface area contributed by atoms with Crippen molar-refractivity contribution in [3.8, 4) is 0 Å². The summed E-state index contributed by atoms with van der Waals surface area (Å²) in [5, 5.41) is 6.56. The molecule has 196 valence electrons. The van der Waals surface area contributed by atoms with E-state index >= 15 is 4.39 Å². The number of amides is 2. The molecular weight excluding hydrogens is 461 g/mol. The third-order valence-corrected chi connectivity index (χ3v) is 8.40. The molecule has 8 heteroatoms. The number of nitrogens with zero attached hydrogens (tertiary/aromatic N) is 1. The summed E-state index contributed by atoms with van der Waals surface area (Å²) in [6, 6.07) is 3.50. The number of fused-ring (bicyclic) bond motifs is 1. The van der Waals surface area contributed by atoms with Crippen LogP contribution in [0.3, 0.4) is 0 Å². The van der Waals surface area contributed by atoms with E-state index in [0.717, 1.165) is 32.3 Å². The summed E-state index contributed by atoms with van der Waals surface area (Å²) in [4.78, 5) is 27.0. The van der Waals surface area contributed by atoms with Crippen molar-refractivity contribution in [2.24, 2.45) is 5.92 Å². The largest absolute Gasteiger partial charge is 0.384 e. The zero-order valence-corrected chi connectivity index (χ0v) is 21.2. The number of benzene rings is 1. The fraction of sp³-hybridized carbons (Fsp3) is 0.643. The average Bonchev–Trinajstić information content (AvgIpc) is 3.20.